The van der Waals surface area contributed by atoms with Crippen LogP contribution in [0.1, 0.15) is 0 Å². The van der Waals surface area contributed by atoms with E-state index in [1.54, 1.807) is 0 Å². The minimum absolute atomic E-state index is 0.171. The van der Waals surface area contributed by atoms with Crippen LogP contribution >= 0.6 is 0 Å². The molecule has 1 aliphatic rings. The summed E-state index contributed by atoms with van der Waals surface area (Å²) in [5.41, 5.74) is 5.05. The number of aliphatic hydroxyl groups is 3. The maximum Gasteiger partial charge on any atom is 0.377 e. The third-order valence-corrected chi connectivity index (χ3v) is 1.53. The van der Waals surface area contributed by atoms with E-state index in [1.807, 2.05) is 0 Å². The molecule has 0 fully saturated rings. The summed E-state index contributed by atoms with van der Waals surface area (Å²) in [7, 11) is 0. The molecular weight excluding hydrogens is 166 g/mol. The van der Waals surface area contributed by atoms with Gasteiger partial charge in [-0.05, 0) is 0 Å². The molecule has 0 aromatic carbocycles. The summed E-state index contributed by atoms with van der Waals surface area (Å²) in [5, 5.41) is 26.8. The fraction of sp³-hybridized carbons (Fsp3) is 0.500. The van der Waals surface area contributed by atoms with Crippen LogP contribution in [-0.4, -0.2) is 40.0 Å². The van der Waals surface area contributed by atoms with Gasteiger partial charge in [-0.1, -0.05) is 0 Å². The first-order chi connectivity index (χ1) is 5.57. The van der Waals surface area contributed by atoms with Gasteiger partial charge in [-0.3, -0.25) is 0 Å². The molecule has 0 saturated carbocycles. The van der Waals surface area contributed by atoms with Crippen LogP contribution in [0.3, 0.4) is 0 Å². The van der Waals surface area contributed by atoms with Crippen molar-refractivity contribution in [1.29, 1.82) is 0 Å². The van der Waals surface area contributed by atoms with E-state index in [9.17, 15) is 4.79 Å². The molecule has 1 heterocycles. The van der Waals surface area contributed by atoms with Crippen molar-refractivity contribution in [2.45, 2.75) is 12.2 Å². The Morgan fingerprint density at radius 3 is 2.50 bits per heavy atom. The van der Waals surface area contributed by atoms with E-state index in [0.29, 0.717) is 0 Å². The van der Waals surface area contributed by atoms with Gasteiger partial charge >= 0.3 is 5.97 Å². The molecule has 68 valence electrons. The second kappa shape index (κ2) is 3.00. The van der Waals surface area contributed by atoms with Crippen molar-refractivity contribution in [2.75, 3.05) is 6.54 Å². The van der Waals surface area contributed by atoms with Crippen molar-refractivity contribution < 1.29 is 24.9 Å². The Balaban J connectivity index is 2.80. The highest BCUT2D eigenvalue weighted by molar-refractivity contribution is 5.89. The highest BCUT2D eigenvalue weighted by Crippen LogP contribution is 2.20. The lowest BCUT2D eigenvalue weighted by Gasteiger charge is -2.14. The lowest BCUT2D eigenvalue weighted by atomic mass is 10.2. The Morgan fingerprint density at radius 2 is 2.17 bits per heavy atom. The molecule has 1 aliphatic heterocycles. The SMILES string of the molecule is NCC(O)[C@H]1OC(=O)C(O)=C1O. The molecule has 1 rings (SSSR count). The second-order valence-corrected chi connectivity index (χ2v) is 2.36. The van der Waals surface area contributed by atoms with Gasteiger partial charge < -0.3 is 25.8 Å². The summed E-state index contributed by atoms with van der Waals surface area (Å²) in [6.45, 7) is -0.171. The predicted octanol–water partition coefficient (Wildman–Crippen LogP) is -1.44. The topological polar surface area (TPSA) is 113 Å². The van der Waals surface area contributed by atoms with Crippen LogP contribution in [0.2, 0.25) is 0 Å². The van der Waals surface area contributed by atoms with Crippen LogP contribution < -0.4 is 5.73 Å². The monoisotopic (exact) mass is 175 g/mol. The van der Waals surface area contributed by atoms with Crippen molar-refractivity contribution in [3.63, 3.8) is 0 Å². The van der Waals surface area contributed by atoms with Crippen LogP contribution in [0.25, 0.3) is 0 Å². The first kappa shape index (κ1) is 8.82. The molecule has 6 nitrogen and oxygen atoms in total. The molecule has 0 bridgehead atoms. The molecule has 5 N–H and O–H groups in total. The number of carbonyl (C=O) groups excluding carboxylic acids is 1. The average molecular weight is 175 g/mol. The van der Waals surface area contributed by atoms with E-state index in [4.69, 9.17) is 21.1 Å². The number of esters is 1. The number of cyclic esters (lactones) is 1. The van der Waals surface area contributed by atoms with Crippen molar-refractivity contribution in [1.82, 2.24) is 0 Å². The molecule has 2 atom stereocenters. The van der Waals surface area contributed by atoms with Crippen LogP contribution in [0.4, 0.5) is 0 Å². The molecule has 0 amide bonds. The minimum atomic E-state index is -1.23. The van der Waals surface area contributed by atoms with Gasteiger partial charge in [0.2, 0.25) is 5.76 Å². The summed E-state index contributed by atoms with van der Waals surface area (Å²) in [5.74, 6) is -2.59. The molecule has 6 heteroatoms. The summed E-state index contributed by atoms with van der Waals surface area (Å²) in [4.78, 5) is 10.6. The van der Waals surface area contributed by atoms with Gasteiger partial charge in [-0.25, -0.2) is 4.79 Å². The normalized spacial score (nSPS) is 25.8. The Bertz CT molecular complexity index is 236. The van der Waals surface area contributed by atoms with E-state index in [-0.39, 0.29) is 6.54 Å². The number of hydrogen-bond donors (Lipinski definition) is 4. The van der Waals surface area contributed by atoms with Gasteiger partial charge in [0, 0.05) is 6.54 Å². The molecule has 0 spiro atoms. The molecule has 0 saturated heterocycles. The van der Waals surface area contributed by atoms with Gasteiger partial charge in [-0.2, -0.15) is 0 Å². The van der Waals surface area contributed by atoms with E-state index >= 15 is 0 Å². The Hall–Kier alpha value is -1.27. The number of hydrogen-bond acceptors (Lipinski definition) is 6. The number of aliphatic hydroxyl groups excluding tert-OH is 3. The van der Waals surface area contributed by atoms with E-state index < -0.39 is 29.7 Å². The van der Waals surface area contributed by atoms with E-state index in [1.165, 1.54) is 0 Å². The number of rotatable bonds is 2. The fourth-order valence-corrected chi connectivity index (χ4v) is 0.851. The van der Waals surface area contributed by atoms with Crippen LogP contribution in [0.15, 0.2) is 11.5 Å². The fourth-order valence-electron chi connectivity index (χ4n) is 0.851. The molecular formula is C6H9NO5. The summed E-state index contributed by atoms with van der Waals surface area (Å²) in [6, 6.07) is 0. The van der Waals surface area contributed by atoms with E-state index in [0.717, 1.165) is 0 Å². The summed E-state index contributed by atoms with van der Waals surface area (Å²) >= 11 is 0. The zero-order valence-corrected chi connectivity index (χ0v) is 6.10. The largest absolute Gasteiger partial charge is 0.505 e. The molecule has 0 aromatic heterocycles. The highest BCUT2D eigenvalue weighted by atomic mass is 16.6. The first-order valence-electron chi connectivity index (χ1n) is 3.29. The van der Waals surface area contributed by atoms with Crippen LogP contribution in [-0.2, 0) is 9.53 Å². The molecule has 12 heavy (non-hydrogen) atoms. The molecule has 1 unspecified atom stereocenters. The van der Waals surface area contributed by atoms with Crippen LogP contribution in [0.5, 0.6) is 0 Å². The smallest absolute Gasteiger partial charge is 0.377 e. The summed E-state index contributed by atoms with van der Waals surface area (Å²) < 4.78 is 4.40. The molecule has 0 aromatic rings. The second-order valence-electron chi connectivity index (χ2n) is 2.36. The molecule has 0 radical (unpaired) electrons. The predicted molar refractivity (Wildman–Crippen MR) is 37.2 cm³/mol. The third-order valence-electron chi connectivity index (χ3n) is 1.53. The zero-order chi connectivity index (χ0) is 9.30. The highest BCUT2D eigenvalue weighted by Gasteiger charge is 2.38. The van der Waals surface area contributed by atoms with Gasteiger partial charge in [0.15, 0.2) is 11.9 Å². The first-order valence-corrected chi connectivity index (χ1v) is 3.29. The standard InChI is InChI=1S/C6H9NO5/c7-1-2(8)5-3(9)4(10)6(11)12-5/h2,5,8-10H,1,7H2/t2?,5-/m1/s1. The number of carbonyl (C=O) groups is 1. The summed E-state index contributed by atoms with van der Waals surface area (Å²) in [6.07, 6.45) is -2.43. The van der Waals surface area contributed by atoms with Crippen molar-refractivity contribution in [3.8, 4) is 0 Å². The third kappa shape index (κ3) is 1.21. The minimum Gasteiger partial charge on any atom is -0.505 e. The van der Waals surface area contributed by atoms with Gasteiger partial charge in [-0.15, -0.1) is 0 Å². The Morgan fingerprint density at radius 1 is 1.58 bits per heavy atom. The van der Waals surface area contributed by atoms with E-state index in [2.05, 4.69) is 4.74 Å². The number of nitrogens with two attached hydrogens (primary N) is 1. The Kier molecular flexibility index (Phi) is 2.20. The quantitative estimate of drug-likeness (QED) is 0.382. The zero-order valence-electron chi connectivity index (χ0n) is 6.10. The van der Waals surface area contributed by atoms with Gasteiger partial charge in [0.25, 0.3) is 0 Å². The van der Waals surface area contributed by atoms with Gasteiger partial charge in [0.1, 0.15) is 6.10 Å². The average Bonchev–Trinajstić information content (AvgIpc) is 2.32. The maximum atomic E-state index is 10.6. The number of ether oxygens (including phenoxy) is 1. The van der Waals surface area contributed by atoms with Crippen LogP contribution in [0, 0.1) is 0 Å². The lowest BCUT2D eigenvalue weighted by molar-refractivity contribution is -0.146. The van der Waals surface area contributed by atoms with Crippen molar-refractivity contribution in [3.05, 3.63) is 11.5 Å². The lowest BCUT2D eigenvalue weighted by Crippen LogP contribution is -2.35. The van der Waals surface area contributed by atoms with Crippen molar-refractivity contribution in [2.24, 2.45) is 5.73 Å². The maximum absolute atomic E-state index is 10.6. The van der Waals surface area contributed by atoms with Gasteiger partial charge in [0.05, 0.1) is 0 Å². The van der Waals surface area contributed by atoms with Crippen molar-refractivity contribution >= 4 is 5.97 Å². The Labute approximate surface area is 67.9 Å². The molecule has 0 aliphatic carbocycles.